The van der Waals surface area contributed by atoms with Crippen LogP contribution in [0.25, 0.3) is 5.65 Å². The molecule has 0 bridgehead atoms. The van der Waals surface area contributed by atoms with Crippen molar-refractivity contribution in [2.45, 2.75) is 25.7 Å². The number of carbonyl (C=O) groups excluding carboxylic acids is 1. The maximum absolute atomic E-state index is 13.0. The summed E-state index contributed by atoms with van der Waals surface area (Å²) in [6, 6.07) is 1.96. The van der Waals surface area contributed by atoms with E-state index in [0.717, 1.165) is 69.0 Å². The van der Waals surface area contributed by atoms with Crippen LogP contribution in [0, 0.1) is 5.92 Å². The first-order valence-electron chi connectivity index (χ1n) is 10.7. The van der Waals surface area contributed by atoms with E-state index in [1.807, 2.05) is 28.7 Å². The molecule has 4 heterocycles. The zero-order chi connectivity index (χ0) is 20.7. The summed E-state index contributed by atoms with van der Waals surface area (Å²) in [5.74, 6) is 1.37. The second-order valence-electron chi connectivity index (χ2n) is 8.38. The van der Waals surface area contributed by atoms with Gasteiger partial charge in [0.15, 0.2) is 5.65 Å². The Kier molecular flexibility index (Phi) is 5.37. The van der Waals surface area contributed by atoms with Gasteiger partial charge in [-0.15, -0.1) is 0 Å². The van der Waals surface area contributed by atoms with Crippen molar-refractivity contribution in [2.24, 2.45) is 5.92 Å². The normalized spacial score (nSPS) is 19.6. The molecule has 0 aromatic carbocycles. The number of allylic oxidation sites excluding steroid dienone is 2. The van der Waals surface area contributed by atoms with Crippen LogP contribution in [0.2, 0.25) is 0 Å². The fraction of sp³-hybridized carbons (Fsp3) is 0.500. The van der Waals surface area contributed by atoms with Crippen LogP contribution in [0.1, 0.15) is 24.1 Å². The van der Waals surface area contributed by atoms with E-state index in [9.17, 15) is 4.79 Å². The average Bonchev–Trinajstić information content (AvgIpc) is 3.04. The maximum Gasteiger partial charge on any atom is 0.229 e. The summed E-state index contributed by atoms with van der Waals surface area (Å²) in [6.07, 6.45) is 10.1. The largest absolute Gasteiger partial charge is 0.354 e. The monoisotopic (exact) mass is 470 g/mol. The molecule has 3 aliphatic rings. The van der Waals surface area contributed by atoms with E-state index in [0.29, 0.717) is 6.54 Å². The van der Waals surface area contributed by atoms with Crippen LogP contribution in [-0.4, -0.2) is 65.2 Å². The zero-order valence-corrected chi connectivity index (χ0v) is 18.9. The molecule has 8 heteroatoms. The fourth-order valence-electron chi connectivity index (χ4n) is 4.62. The Labute approximate surface area is 184 Å². The minimum Gasteiger partial charge on any atom is -0.354 e. The van der Waals surface area contributed by atoms with Gasteiger partial charge in [-0.3, -0.25) is 4.79 Å². The molecule has 7 nitrogen and oxygen atoms in total. The summed E-state index contributed by atoms with van der Waals surface area (Å²) in [5, 5.41) is 7.99. The van der Waals surface area contributed by atoms with Crippen molar-refractivity contribution in [3.8, 4) is 0 Å². The number of anilines is 1. The van der Waals surface area contributed by atoms with Gasteiger partial charge in [0, 0.05) is 55.8 Å². The third kappa shape index (κ3) is 3.56. The van der Waals surface area contributed by atoms with Gasteiger partial charge in [0.05, 0.1) is 17.8 Å². The van der Waals surface area contributed by atoms with Crippen LogP contribution in [0.4, 0.5) is 5.82 Å². The number of hydrogen-bond donors (Lipinski definition) is 1. The molecule has 1 aliphatic carbocycles. The molecule has 0 atom stereocenters. The van der Waals surface area contributed by atoms with Crippen molar-refractivity contribution in [2.75, 3.05) is 44.7 Å². The zero-order valence-electron chi connectivity index (χ0n) is 17.3. The van der Waals surface area contributed by atoms with Gasteiger partial charge in [0.1, 0.15) is 5.82 Å². The molecule has 158 valence electrons. The number of hydrogen-bond acceptors (Lipinski definition) is 5. The smallest absolute Gasteiger partial charge is 0.229 e. The number of carbonyl (C=O) groups is 1. The predicted molar refractivity (Wildman–Crippen MR) is 121 cm³/mol. The van der Waals surface area contributed by atoms with Gasteiger partial charge in [0.2, 0.25) is 5.91 Å². The minimum atomic E-state index is 0.0280. The number of amides is 1. The second kappa shape index (κ2) is 8.15. The molecule has 2 aliphatic heterocycles. The Morgan fingerprint density at radius 1 is 1.30 bits per heavy atom. The highest BCUT2D eigenvalue weighted by molar-refractivity contribution is 9.11. The van der Waals surface area contributed by atoms with E-state index in [1.165, 1.54) is 15.6 Å². The molecular weight excluding hydrogens is 444 g/mol. The van der Waals surface area contributed by atoms with Gasteiger partial charge < -0.3 is 15.1 Å². The third-order valence-electron chi connectivity index (χ3n) is 6.29. The lowest BCUT2D eigenvalue weighted by Crippen LogP contribution is -2.55. The molecule has 30 heavy (non-hydrogen) atoms. The Hall–Kier alpha value is -2.19. The standard InChI is InChI=1S/C22H27BrN6O/c1-27(12-15-4-2-3-5-18(15)23)22(30)16-13-28(14-16)21-17-6-9-24-10-7-19(17)26-20-8-11-25-29(20)21/h2,4,8,11,16,24H,3,5-7,9-10,12-14H2,1H3. The van der Waals surface area contributed by atoms with E-state index in [4.69, 9.17) is 4.98 Å². The Morgan fingerprint density at radius 2 is 2.13 bits per heavy atom. The molecule has 0 saturated carbocycles. The van der Waals surface area contributed by atoms with Crippen LogP contribution in [-0.2, 0) is 17.6 Å². The number of aromatic nitrogens is 3. The Balaban J connectivity index is 1.33. The van der Waals surface area contributed by atoms with E-state index < -0.39 is 0 Å². The maximum atomic E-state index is 13.0. The van der Waals surface area contributed by atoms with Gasteiger partial charge in [-0.05, 0) is 31.4 Å². The summed E-state index contributed by atoms with van der Waals surface area (Å²) in [5.41, 5.74) is 4.53. The molecule has 2 aromatic rings. The van der Waals surface area contributed by atoms with Crippen molar-refractivity contribution in [1.82, 2.24) is 24.8 Å². The van der Waals surface area contributed by atoms with E-state index >= 15 is 0 Å². The molecule has 0 unspecified atom stereocenters. The van der Waals surface area contributed by atoms with Gasteiger partial charge in [-0.25, -0.2) is 4.98 Å². The molecule has 1 N–H and O–H groups in total. The van der Waals surface area contributed by atoms with Gasteiger partial charge in [-0.1, -0.05) is 28.1 Å². The van der Waals surface area contributed by atoms with E-state index in [2.05, 4.69) is 43.4 Å². The summed E-state index contributed by atoms with van der Waals surface area (Å²) in [7, 11) is 1.91. The lowest BCUT2D eigenvalue weighted by atomic mass is 9.96. The summed E-state index contributed by atoms with van der Waals surface area (Å²) in [4.78, 5) is 22.0. The lowest BCUT2D eigenvalue weighted by molar-refractivity contribution is -0.134. The number of fused-ring (bicyclic) bond motifs is 2. The Morgan fingerprint density at radius 3 is 2.97 bits per heavy atom. The first-order valence-corrected chi connectivity index (χ1v) is 11.5. The molecule has 2 aromatic heterocycles. The molecule has 1 amide bonds. The van der Waals surface area contributed by atoms with Crippen LogP contribution in [0.15, 0.2) is 34.5 Å². The minimum absolute atomic E-state index is 0.0280. The molecule has 1 fully saturated rings. The van der Waals surface area contributed by atoms with Crippen molar-refractivity contribution < 1.29 is 4.79 Å². The second-order valence-corrected chi connectivity index (χ2v) is 9.34. The summed E-state index contributed by atoms with van der Waals surface area (Å²) >= 11 is 3.66. The highest BCUT2D eigenvalue weighted by atomic mass is 79.9. The van der Waals surface area contributed by atoms with Crippen LogP contribution >= 0.6 is 15.9 Å². The van der Waals surface area contributed by atoms with Crippen molar-refractivity contribution >= 4 is 33.3 Å². The fourth-order valence-corrected chi connectivity index (χ4v) is 5.10. The van der Waals surface area contributed by atoms with Crippen LogP contribution < -0.4 is 10.2 Å². The van der Waals surface area contributed by atoms with Crippen LogP contribution in [0.3, 0.4) is 0 Å². The molecular formula is C22H27BrN6O. The number of nitrogens with zero attached hydrogens (tertiary/aromatic N) is 5. The number of halogens is 1. The van der Waals surface area contributed by atoms with Crippen molar-refractivity contribution in [3.05, 3.63) is 45.7 Å². The van der Waals surface area contributed by atoms with Gasteiger partial charge in [0.25, 0.3) is 0 Å². The highest BCUT2D eigenvalue weighted by Gasteiger charge is 2.37. The third-order valence-corrected chi connectivity index (χ3v) is 7.20. The van der Waals surface area contributed by atoms with E-state index in [-0.39, 0.29) is 11.8 Å². The lowest BCUT2D eigenvalue weighted by Gasteiger charge is -2.42. The number of rotatable bonds is 4. The predicted octanol–water partition coefficient (Wildman–Crippen LogP) is 2.31. The number of nitrogens with one attached hydrogen (secondary N) is 1. The SMILES string of the molecule is CN(CC1=C(Br)CCC=C1)C(=O)C1CN(c2c3c(nc4ccnn24)CCNCC3)C1. The quantitative estimate of drug-likeness (QED) is 0.742. The van der Waals surface area contributed by atoms with Crippen molar-refractivity contribution in [3.63, 3.8) is 0 Å². The first kappa shape index (κ1) is 19.8. The van der Waals surface area contributed by atoms with E-state index in [1.54, 1.807) is 0 Å². The van der Waals surface area contributed by atoms with Gasteiger partial charge in [-0.2, -0.15) is 9.61 Å². The highest BCUT2D eigenvalue weighted by Crippen LogP contribution is 2.32. The molecule has 5 rings (SSSR count). The number of likely N-dealkylation sites (N-methyl/N-ethyl adjacent to an activating group) is 1. The topological polar surface area (TPSA) is 65.8 Å². The molecule has 0 radical (unpaired) electrons. The average molecular weight is 471 g/mol. The van der Waals surface area contributed by atoms with Crippen LogP contribution in [0.5, 0.6) is 0 Å². The molecule has 1 saturated heterocycles. The summed E-state index contributed by atoms with van der Waals surface area (Å²) in [6.45, 7) is 4.03. The van der Waals surface area contributed by atoms with Crippen molar-refractivity contribution in [1.29, 1.82) is 0 Å². The first-order chi connectivity index (χ1) is 14.6. The van der Waals surface area contributed by atoms with Gasteiger partial charge >= 0.3 is 0 Å². The Bertz CT molecular complexity index is 1040. The summed E-state index contributed by atoms with van der Waals surface area (Å²) < 4.78 is 3.16. The molecule has 0 spiro atoms.